The van der Waals surface area contributed by atoms with Gasteiger partial charge in [-0.2, -0.15) is 0 Å². The summed E-state index contributed by atoms with van der Waals surface area (Å²) in [5.41, 5.74) is 10.6. The average molecular weight is 603 g/mol. The van der Waals surface area contributed by atoms with Gasteiger partial charge in [0.05, 0.1) is 0 Å². The Bertz CT molecular complexity index is 2930. The van der Waals surface area contributed by atoms with Crippen molar-refractivity contribution in [2.45, 2.75) is 0 Å². The fraction of sp³-hybridized carbons (Fsp3) is 0. The lowest BCUT2D eigenvalue weighted by Crippen LogP contribution is -1.93. The fourth-order valence-electron chi connectivity index (χ4n) is 9.43. The van der Waals surface area contributed by atoms with Gasteiger partial charge in [-0.05, 0) is 132 Å². The molecule has 1 aliphatic carbocycles. The molecule has 0 nitrogen and oxygen atoms in total. The van der Waals surface area contributed by atoms with Crippen LogP contribution in [-0.2, 0) is 0 Å². The summed E-state index contributed by atoms with van der Waals surface area (Å²) in [6.07, 6.45) is 0. The lowest BCUT2D eigenvalue weighted by atomic mass is 9.82. The van der Waals surface area contributed by atoms with E-state index in [-0.39, 0.29) is 0 Å². The van der Waals surface area contributed by atoms with E-state index in [1.807, 2.05) is 0 Å². The van der Waals surface area contributed by atoms with Gasteiger partial charge in [-0.25, -0.2) is 0 Å². The van der Waals surface area contributed by atoms with Crippen LogP contribution in [0.1, 0.15) is 0 Å². The third-order valence-electron chi connectivity index (χ3n) is 11.3. The second kappa shape index (κ2) is 8.76. The molecule has 0 saturated carbocycles. The molecule has 0 heterocycles. The molecular weight excluding hydrogens is 577 g/mol. The molecule has 0 unspecified atom stereocenters. The fourth-order valence-corrected chi connectivity index (χ4v) is 9.43. The van der Waals surface area contributed by atoms with Gasteiger partial charge < -0.3 is 0 Å². The topological polar surface area (TPSA) is 0 Å². The van der Waals surface area contributed by atoms with E-state index >= 15 is 0 Å². The van der Waals surface area contributed by atoms with Crippen LogP contribution in [0, 0.1) is 0 Å². The second-order valence-corrected chi connectivity index (χ2v) is 13.5. The van der Waals surface area contributed by atoms with Crippen molar-refractivity contribution in [3.63, 3.8) is 0 Å². The number of fused-ring (bicyclic) bond motifs is 10. The van der Waals surface area contributed by atoms with E-state index in [9.17, 15) is 0 Å². The Labute approximate surface area is 276 Å². The first-order valence-corrected chi connectivity index (χ1v) is 16.9. The molecule has 0 fully saturated rings. The lowest BCUT2D eigenvalue weighted by Gasteiger charge is -2.20. The molecule has 0 radical (unpaired) electrons. The van der Waals surface area contributed by atoms with Crippen molar-refractivity contribution in [3.8, 4) is 44.5 Å². The Kier molecular flexibility index (Phi) is 4.55. The van der Waals surface area contributed by atoms with Gasteiger partial charge in [0.1, 0.15) is 0 Å². The van der Waals surface area contributed by atoms with E-state index in [0.717, 1.165) is 0 Å². The maximum Gasteiger partial charge on any atom is -0.000740 e. The average Bonchev–Trinajstić information content (AvgIpc) is 3.77. The molecule has 0 atom stereocenters. The van der Waals surface area contributed by atoms with Crippen molar-refractivity contribution in [3.05, 3.63) is 158 Å². The van der Waals surface area contributed by atoms with Crippen molar-refractivity contribution < 1.29 is 0 Å². The Morgan fingerprint density at radius 2 is 0.646 bits per heavy atom. The molecule has 0 saturated heterocycles. The third-order valence-corrected chi connectivity index (χ3v) is 11.3. The molecule has 0 N–H and O–H groups in total. The SMILES string of the molecule is c1ccc(-c2c3c(c(-c4ccccc4)c4ccccc24)-c2ccc4c5cc6c(cc5c5ccc-3c2c54)c2cccc3cccc6c32)cc1. The van der Waals surface area contributed by atoms with Crippen molar-refractivity contribution in [1.82, 2.24) is 0 Å². The molecule has 11 aromatic carbocycles. The molecular formula is C48H26. The van der Waals surface area contributed by atoms with Crippen LogP contribution in [0.3, 0.4) is 0 Å². The predicted molar refractivity (Wildman–Crippen MR) is 207 cm³/mol. The predicted octanol–water partition coefficient (Wildman–Crippen LogP) is 13.6. The first-order valence-electron chi connectivity index (χ1n) is 16.9. The van der Waals surface area contributed by atoms with Gasteiger partial charge in [0.15, 0.2) is 0 Å². The number of rotatable bonds is 2. The highest BCUT2D eigenvalue weighted by molar-refractivity contribution is 6.41. The summed E-state index contributed by atoms with van der Waals surface area (Å²) in [4.78, 5) is 0. The van der Waals surface area contributed by atoms with Gasteiger partial charge in [-0.1, -0.05) is 146 Å². The third kappa shape index (κ3) is 2.93. The van der Waals surface area contributed by atoms with Crippen molar-refractivity contribution in [2.24, 2.45) is 0 Å². The van der Waals surface area contributed by atoms with E-state index in [1.54, 1.807) is 0 Å². The summed E-state index contributed by atoms with van der Waals surface area (Å²) in [6, 6.07) is 59.2. The molecule has 218 valence electrons. The van der Waals surface area contributed by atoms with Crippen LogP contribution in [-0.4, -0.2) is 0 Å². The summed E-state index contributed by atoms with van der Waals surface area (Å²) >= 11 is 0. The summed E-state index contributed by atoms with van der Waals surface area (Å²) in [5, 5.41) is 18.9. The number of hydrogen-bond acceptors (Lipinski definition) is 0. The van der Waals surface area contributed by atoms with Crippen molar-refractivity contribution in [2.75, 3.05) is 0 Å². The molecule has 1 aliphatic rings. The highest BCUT2D eigenvalue weighted by Gasteiger charge is 2.32. The maximum atomic E-state index is 2.48. The van der Waals surface area contributed by atoms with Gasteiger partial charge in [-0.3, -0.25) is 0 Å². The summed E-state index contributed by atoms with van der Waals surface area (Å²) in [7, 11) is 0. The molecule has 0 bridgehead atoms. The quantitative estimate of drug-likeness (QED) is 0.185. The van der Waals surface area contributed by atoms with E-state index < -0.39 is 0 Å². The van der Waals surface area contributed by atoms with Crippen molar-refractivity contribution in [1.29, 1.82) is 0 Å². The minimum Gasteiger partial charge on any atom is -0.0622 e. The van der Waals surface area contributed by atoms with Crippen LogP contribution in [0.4, 0.5) is 0 Å². The van der Waals surface area contributed by atoms with Gasteiger partial charge in [0.25, 0.3) is 0 Å². The molecule has 0 amide bonds. The molecule has 0 aromatic heterocycles. The molecule has 0 spiro atoms. The molecule has 48 heavy (non-hydrogen) atoms. The highest BCUT2D eigenvalue weighted by atomic mass is 14.3. The normalized spacial score (nSPS) is 12.6. The lowest BCUT2D eigenvalue weighted by molar-refractivity contribution is 1.62. The zero-order valence-corrected chi connectivity index (χ0v) is 26.0. The Morgan fingerprint density at radius 1 is 0.229 bits per heavy atom. The van der Waals surface area contributed by atoms with Crippen LogP contribution in [0.15, 0.2) is 158 Å². The summed E-state index contributed by atoms with van der Waals surface area (Å²) in [6.45, 7) is 0. The minimum absolute atomic E-state index is 1.26. The van der Waals surface area contributed by atoms with E-state index in [2.05, 4.69) is 158 Å². The Hall–Kier alpha value is -6.24. The summed E-state index contributed by atoms with van der Waals surface area (Å²) in [5.74, 6) is 0. The highest BCUT2D eigenvalue weighted by Crippen LogP contribution is 2.60. The minimum atomic E-state index is 1.26. The smallest absolute Gasteiger partial charge is 0.000740 e. The first kappa shape index (κ1) is 24.9. The molecule has 0 aliphatic heterocycles. The second-order valence-electron chi connectivity index (χ2n) is 13.5. The zero-order chi connectivity index (χ0) is 31.1. The van der Waals surface area contributed by atoms with Crippen LogP contribution in [0.25, 0.3) is 120 Å². The van der Waals surface area contributed by atoms with Gasteiger partial charge in [0.2, 0.25) is 0 Å². The van der Waals surface area contributed by atoms with E-state index in [0.29, 0.717) is 0 Å². The van der Waals surface area contributed by atoms with Crippen molar-refractivity contribution >= 4 is 75.4 Å². The number of benzene rings is 9. The van der Waals surface area contributed by atoms with Crippen LogP contribution < -0.4 is 0 Å². The van der Waals surface area contributed by atoms with Gasteiger partial charge in [0, 0.05) is 0 Å². The summed E-state index contributed by atoms with van der Waals surface area (Å²) < 4.78 is 0. The van der Waals surface area contributed by atoms with Crippen LogP contribution >= 0.6 is 0 Å². The molecule has 11 aromatic rings. The standard InChI is InChI=1S/C48H26/c1-3-11-28(12-4-1)43-30-17-7-8-18-31(30)44(29-13-5-2-6-14-29)48-37-24-22-35-41-26-39-33-20-10-16-27-15-9-19-32(42(27)33)38(39)25-40(41)34-21-23-36(47(43)48)46(37)45(34)35/h1-26H. The molecule has 12 rings (SSSR count). The van der Waals surface area contributed by atoms with E-state index in [4.69, 9.17) is 0 Å². The monoisotopic (exact) mass is 602 g/mol. The van der Waals surface area contributed by atoms with E-state index in [1.165, 1.54) is 120 Å². The van der Waals surface area contributed by atoms with Crippen LogP contribution in [0.5, 0.6) is 0 Å². The van der Waals surface area contributed by atoms with Gasteiger partial charge in [-0.15, -0.1) is 0 Å². The molecule has 0 heteroatoms. The zero-order valence-electron chi connectivity index (χ0n) is 26.0. The van der Waals surface area contributed by atoms with Gasteiger partial charge >= 0.3 is 0 Å². The Morgan fingerprint density at radius 3 is 1.12 bits per heavy atom. The number of hydrogen-bond donors (Lipinski definition) is 0. The largest absolute Gasteiger partial charge is 0.0622 e. The Balaban J connectivity index is 1.27. The first-order chi connectivity index (χ1) is 23.8. The maximum absolute atomic E-state index is 2.48. The van der Waals surface area contributed by atoms with Crippen LogP contribution in [0.2, 0.25) is 0 Å².